The van der Waals surface area contributed by atoms with Crippen LogP contribution in [0.3, 0.4) is 0 Å². The average molecular weight is 366 g/mol. The Hall–Kier alpha value is -0.550. The highest BCUT2D eigenvalue weighted by Gasteiger charge is 2.31. The standard InChI is InChI=1S/C16H23BrF3N/c1-3-5-6-7-8-15(21-4-2)13-11-12(16(18,19)20)9-10-14(13)17/h9-11,15,21H,3-8H2,1-2H3. The maximum absolute atomic E-state index is 12.9. The van der Waals surface area contributed by atoms with Crippen molar-refractivity contribution in [2.24, 2.45) is 0 Å². The van der Waals surface area contributed by atoms with E-state index in [-0.39, 0.29) is 6.04 Å². The fraction of sp³-hybridized carbons (Fsp3) is 0.625. The van der Waals surface area contributed by atoms with Crippen molar-refractivity contribution in [2.45, 2.75) is 58.2 Å². The minimum Gasteiger partial charge on any atom is -0.310 e. The first kappa shape index (κ1) is 18.5. The number of alkyl halides is 3. The molecule has 1 N–H and O–H groups in total. The summed E-state index contributed by atoms with van der Waals surface area (Å²) in [6.07, 6.45) is 1.02. The van der Waals surface area contributed by atoms with Crippen molar-refractivity contribution < 1.29 is 13.2 Å². The van der Waals surface area contributed by atoms with Crippen LogP contribution in [0.4, 0.5) is 13.2 Å². The van der Waals surface area contributed by atoms with Crippen molar-refractivity contribution in [3.8, 4) is 0 Å². The number of unbranched alkanes of at least 4 members (excludes halogenated alkanes) is 3. The third-order valence-corrected chi connectivity index (χ3v) is 4.22. The molecule has 0 heterocycles. The van der Waals surface area contributed by atoms with Gasteiger partial charge in [0, 0.05) is 10.5 Å². The summed E-state index contributed by atoms with van der Waals surface area (Å²) < 4.78 is 39.3. The molecule has 0 radical (unpaired) electrons. The van der Waals surface area contributed by atoms with Crippen molar-refractivity contribution >= 4 is 15.9 Å². The minimum absolute atomic E-state index is 0.0384. The van der Waals surface area contributed by atoms with E-state index in [1.807, 2.05) is 6.92 Å². The Morgan fingerprint density at radius 3 is 2.43 bits per heavy atom. The lowest BCUT2D eigenvalue weighted by molar-refractivity contribution is -0.137. The number of hydrogen-bond acceptors (Lipinski definition) is 1. The van der Waals surface area contributed by atoms with Gasteiger partial charge in [-0.1, -0.05) is 55.5 Å². The summed E-state index contributed by atoms with van der Waals surface area (Å²) in [6, 6.07) is 3.84. The zero-order chi connectivity index (χ0) is 15.9. The lowest BCUT2D eigenvalue weighted by atomic mass is 9.98. The Balaban J connectivity index is 2.90. The molecule has 1 aromatic carbocycles. The fourth-order valence-electron chi connectivity index (χ4n) is 2.38. The molecular formula is C16H23BrF3N. The summed E-state index contributed by atoms with van der Waals surface area (Å²) >= 11 is 3.38. The van der Waals surface area contributed by atoms with Gasteiger partial charge in [0.05, 0.1) is 5.56 Å². The monoisotopic (exact) mass is 365 g/mol. The highest BCUT2D eigenvalue weighted by Crippen LogP contribution is 2.35. The lowest BCUT2D eigenvalue weighted by Gasteiger charge is -2.21. The molecule has 0 aliphatic carbocycles. The molecule has 5 heteroatoms. The zero-order valence-corrected chi connectivity index (χ0v) is 14.1. The van der Waals surface area contributed by atoms with Crippen LogP contribution < -0.4 is 5.32 Å². The average Bonchev–Trinajstić information content (AvgIpc) is 2.42. The molecular weight excluding hydrogens is 343 g/mol. The van der Waals surface area contributed by atoms with Gasteiger partial charge in [0.1, 0.15) is 0 Å². The van der Waals surface area contributed by atoms with Gasteiger partial charge in [-0.25, -0.2) is 0 Å². The van der Waals surface area contributed by atoms with E-state index in [0.717, 1.165) is 42.8 Å². The van der Waals surface area contributed by atoms with Crippen LogP contribution in [0.5, 0.6) is 0 Å². The largest absolute Gasteiger partial charge is 0.416 e. The molecule has 21 heavy (non-hydrogen) atoms. The maximum atomic E-state index is 12.9. The molecule has 0 spiro atoms. The van der Waals surface area contributed by atoms with Crippen molar-refractivity contribution in [2.75, 3.05) is 6.54 Å². The second-order valence-corrected chi connectivity index (χ2v) is 6.05. The first-order chi connectivity index (χ1) is 9.90. The third kappa shape index (κ3) is 5.99. The van der Waals surface area contributed by atoms with Gasteiger partial charge in [-0.05, 0) is 36.7 Å². The topological polar surface area (TPSA) is 12.0 Å². The van der Waals surface area contributed by atoms with Gasteiger partial charge < -0.3 is 5.32 Å². The van der Waals surface area contributed by atoms with Crippen LogP contribution in [0.1, 0.15) is 63.1 Å². The van der Waals surface area contributed by atoms with E-state index < -0.39 is 11.7 Å². The van der Waals surface area contributed by atoms with Crippen LogP contribution in [0, 0.1) is 0 Å². The molecule has 0 saturated carbocycles. The van der Waals surface area contributed by atoms with E-state index in [9.17, 15) is 13.2 Å². The highest BCUT2D eigenvalue weighted by molar-refractivity contribution is 9.10. The highest BCUT2D eigenvalue weighted by atomic mass is 79.9. The Bertz CT molecular complexity index is 432. The minimum atomic E-state index is -4.30. The Kier molecular flexibility index (Phi) is 7.74. The molecule has 1 rings (SSSR count). The molecule has 1 nitrogen and oxygen atoms in total. The molecule has 0 saturated heterocycles. The number of halogens is 4. The van der Waals surface area contributed by atoms with E-state index in [1.165, 1.54) is 18.6 Å². The van der Waals surface area contributed by atoms with Crippen LogP contribution in [-0.4, -0.2) is 6.54 Å². The third-order valence-electron chi connectivity index (χ3n) is 3.50. The maximum Gasteiger partial charge on any atom is 0.416 e. The van der Waals surface area contributed by atoms with Crippen molar-refractivity contribution in [3.05, 3.63) is 33.8 Å². The predicted molar refractivity (Wildman–Crippen MR) is 84.3 cm³/mol. The Morgan fingerprint density at radius 1 is 1.14 bits per heavy atom. The van der Waals surface area contributed by atoms with E-state index in [2.05, 4.69) is 28.2 Å². The van der Waals surface area contributed by atoms with Crippen molar-refractivity contribution in [1.29, 1.82) is 0 Å². The van der Waals surface area contributed by atoms with Gasteiger partial charge in [-0.15, -0.1) is 0 Å². The Morgan fingerprint density at radius 2 is 1.86 bits per heavy atom. The first-order valence-electron chi connectivity index (χ1n) is 7.50. The van der Waals surface area contributed by atoms with E-state index in [1.54, 1.807) is 0 Å². The van der Waals surface area contributed by atoms with E-state index >= 15 is 0 Å². The van der Waals surface area contributed by atoms with Gasteiger partial charge in [-0.3, -0.25) is 0 Å². The summed E-state index contributed by atoms with van der Waals surface area (Å²) in [5.41, 5.74) is 0.111. The van der Waals surface area contributed by atoms with Crippen LogP contribution in [-0.2, 0) is 6.18 Å². The molecule has 0 aliphatic rings. The zero-order valence-electron chi connectivity index (χ0n) is 12.6. The summed E-state index contributed by atoms with van der Waals surface area (Å²) in [4.78, 5) is 0. The lowest BCUT2D eigenvalue weighted by Crippen LogP contribution is -2.22. The molecule has 0 fully saturated rings. The SMILES string of the molecule is CCCCCCC(NCC)c1cc(C(F)(F)F)ccc1Br. The van der Waals surface area contributed by atoms with Gasteiger partial charge in [0.25, 0.3) is 0 Å². The Labute approximate surface area is 133 Å². The van der Waals surface area contributed by atoms with Gasteiger partial charge >= 0.3 is 6.18 Å². The number of hydrogen-bond donors (Lipinski definition) is 1. The summed E-state index contributed by atoms with van der Waals surface area (Å²) in [6.45, 7) is 4.85. The molecule has 0 amide bonds. The van der Waals surface area contributed by atoms with Gasteiger partial charge in [-0.2, -0.15) is 13.2 Å². The van der Waals surface area contributed by atoms with Crippen LogP contribution >= 0.6 is 15.9 Å². The molecule has 0 bridgehead atoms. The summed E-state index contributed by atoms with van der Waals surface area (Å²) in [7, 11) is 0. The molecule has 1 aromatic rings. The fourth-order valence-corrected chi connectivity index (χ4v) is 2.90. The quantitative estimate of drug-likeness (QED) is 0.549. The normalized spacial score (nSPS) is 13.4. The van der Waals surface area contributed by atoms with Crippen molar-refractivity contribution in [3.63, 3.8) is 0 Å². The van der Waals surface area contributed by atoms with Crippen molar-refractivity contribution in [1.82, 2.24) is 5.32 Å². The van der Waals surface area contributed by atoms with E-state index in [0.29, 0.717) is 5.56 Å². The van der Waals surface area contributed by atoms with Crippen LogP contribution in [0.25, 0.3) is 0 Å². The first-order valence-corrected chi connectivity index (χ1v) is 8.29. The number of benzene rings is 1. The molecule has 0 aromatic heterocycles. The number of rotatable bonds is 8. The molecule has 120 valence electrons. The smallest absolute Gasteiger partial charge is 0.310 e. The van der Waals surface area contributed by atoms with Crippen LogP contribution in [0.15, 0.2) is 22.7 Å². The second kappa shape index (κ2) is 8.79. The second-order valence-electron chi connectivity index (χ2n) is 5.19. The molecule has 0 aliphatic heterocycles. The summed E-state index contributed by atoms with van der Waals surface area (Å²) in [5.74, 6) is 0. The van der Waals surface area contributed by atoms with Gasteiger partial charge in [0.2, 0.25) is 0 Å². The predicted octanol–water partition coefficient (Wildman–Crippen LogP) is 6.09. The van der Waals surface area contributed by atoms with Crippen LogP contribution in [0.2, 0.25) is 0 Å². The van der Waals surface area contributed by atoms with E-state index in [4.69, 9.17) is 0 Å². The summed E-state index contributed by atoms with van der Waals surface area (Å²) in [5, 5.41) is 3.30. The number of nitrogens with one attached hydrogen (secondary N) is 1. The van der Waals surface area contributed by atoms with Gasteiger partial charge in [0.15, 0.2) is 0 Å². The molecule has 1 unspecified atom stereocenters. The molecule has 1 atom stereocenters.